The lowest BCUT2D eigenvalue weighted by Crippen LogP contribution is -2.01. The summed E-state index contributed by atoms with van der Waals surface area (Å²) < 4.78 is 10.7. The first-order valence-corrected chi connectivity index (χ1v) is 5.36. The Balaban J connectivity index is 2.08. The Hall–Kier alpha value is -2.15. The average Bonchev–Trinajstić information content (AvgIpc) is 2.82. The molecule has 7 nitrogen and oxygen atoms in total. The number of rotatable bonds is 5. The van der Waals surface area contributed by atoms with Crippen molar-refractivity contribution in [2.24, 2.45) is 7.05 Å². The molecule has 0 saturated heterocycles. The van der Waals surface area contributed by atoms with Crippen LogP contribution in [0.1, 0.15) is 11.4 Å². The Morgan fingerprint density at radius 1 is 1.33 bits per heavy atom. The van der Waals surface area contributed by atoms with E-state index in [9.17, 15) is 0 Å². The summed E-state index contributed by atoms with van der Waals surface area (Å²) in [4.78, 5) is 1.37. The first kappa shape index (κ1) is 12.3. The lowest BCUT2D eigenvalue weighted by atomic mass is 10.2. The van der Waals surface area contributed by atoms with E-state index in [-0.39, 0.29) is 13.2 Å². The van der Waals surface area contributed by atoms with Gasteiger partial charge in [0, 0.05) is 0 Å². The second-order valence-electron chi connectivity index (χ2n) is 3.63. The summed E-state index contributed by atoms with van der Waals surface area (Å²) in [6.45, 7) is 0.172. The quantitative estimate of drug-likeness (QED) is 0.821. The molecule has 1 aromatic carbocycles. The van der Waals surface area contributed by atoms with Gasteiger partial charge in [-0.25, -0.2) is 0 Å². The summed E-state index contributed by atoms with van der Waals surface area (Å²) >= 11 is 0. The summed E-state index contributed by atoms with van der Waals surface area (Å²) in [5.41, 5.74) is 0.761. The Morgan fingerprint density at radius 3 is 2.78 bits per heavy atom. The van der Waals surface area contributed by atoms with Crippen molar-refractivity contribution < 1.29 is 14.6 Å². The fourth-order valence-corrected chi connectivity index (χ4v) is 1.45. The minimum atomic E-state index is -0.0393. The number of aliphatic hydroxyl groups is 1. The fourth-order valence-electron chi connectivity index (χ4n) is 1.45. The molecule has 1 aromatic heterocycles. The van der Waals surface area contributed by atoms with E-state index in [1.165, 1.54) is 4.80 Å². The molecule has 0 unspecified atom stereocenters. The molecule has 0 bridgehead atoms. The highest BCUT2D eigenvalue weighted by atomic mass is 16.5. The third-order valence-electron chi connectivity index (χ3n) is 2.32. The van der Waals surface area contributed by atoms with Gasteiger partial charge in [0.25, 0.3) is 0 Å². The highest BCUT2D eigenvalue weighted by Gasteiger charge is 2.07. The van der Waals surface area contributed by atoms with E-state index in [1.807, 2.05) is 0 Å². The number of tetrazole rings is 1. The van der Waals surface area contributed by atoms with Crippen LogP contribution in [0.3, 0.4) is 0 Å². The van der Waals surface area contributed by atoms with Crippen LogP contribution in [0.4, 0.5) is 0 Å². The molecule has 0 aliphatic rings. The van der Waals surface area contributed by atoms with Crippen LogP contribution in [-0.4, -0.2) is 32.4 Å². The van der Waals surface area contributed by atoms with Crippen LogP contribution < -0.4 is 9.47 Å². The molecule has 0 spiro atoms. The molecule has 0 radical (unpaired) electrons. The molecule has 1 heterocycles. The van der Waals surface area contributed by atoms with Gasteiger partial charge in [0.1, 0.15) is 0 Å². The van der Waals surface area contributed by atoms with Crippen molar-refractivity contribution in [1.29, 1.82) is 0 Å². The van der Waals surface area contributed by atoms with E-state index in [0.717, 1.165) is 5.56 Å². The van der Waals surface area contributed by atoms with Crippen molar-refractivity contribution >= 4 is 0 Å². The molecule has 1 N–H and O–H groups in total. The van der Waals surface area contributed by atoms with Crippen molar-refractivity contribution in [3.05, 3.63) is 29.6 Å². The molecule has 0 saturated carbocycles. The molecular formula is C11H14N4O3. The Bertz CT molecular complexity index is 527. The molecule has 96 valence electrons. The molecule has 0 atom stereocenters. The number of aliphatic hydroxyl groups excluding tert-OH is 1. The molecule has 2 aromatic rings. The lowest BCUT2D eigenvalue weighted by molar-refractivity contribution is 0.270. The lowest BCUT2D eigenvalue weighted by Gasteiger charge is -2.10. The van der Waals surface area contributed by atoms with E-state index in [0.29, 0.717) is 17.3 Å². The van der Waals surface area contributed by atoms with E-state index in [4.69, 9.17) is 14.6 Å². The van der Waals surface area contributed by atoms with Gasteiger partial charge in [0.2, 0.25) is 5.82 Å². The largest absolute Gasteiger partial charge is 0.493 e. The molecule has 0 aliphatic carbocycles. The van der Waals surface area contributed by atoms with Crippen molar-refractivity contribution in [3.63, 3.8) is 0 Å². The minimum absolute atomic E-state index is 0.0393. The van der Waals surface area contributed by atoms with Crippen LogP contribution in [0.5, 0.6) is 11.5 Å². The van der Waals surface area contributed by atoms with Gasteiger partial charge in [-0.2, -0.15) is 4.80 Å². The van der Waals surface area contributed by atoms with E-state index in [2.05, 4.69) is 15.4 Å². The standard InChI is InChI=1S/C11H14N4O3/c1-15-13-11(12-14-15)7-18-9-4-3-8(6-16)5-10(9)17-2/h3-5,16H,6-7H2,1-2H3. The van der Waals surface area contributed by atoms with Crippen LogP contribution in [0.15, 0.2) is 18.2 Å². The zero-order chi connectivity index (χ0) is 13.0. The monoisotopic (exact) mass is 250 g/mol. The number of aromatic nitrogens is 4. The van der Waals surface area contributed by atoms with Gasteiger partial charge < -0.3 is 14.6 Å². The smallest absolute Gasteiger partial charge is 0.212 e. The number of hydrogen-bond acceptors (Lipinski definition) is 6. The van der Waals surface area contributed by atoms with E-state index >= 15 is 0 Å². The third kappa shape index (κ3) is 2.75. The SMILES string of the molecule is COc1cc(CO)ccc1OCc1nnn(C)n1. The summed E-state index contributed by atoms with van der Waals surface area (Å²) in [7, 11) is 3.23. The topological polar surface area (TPSA) is 82.3 Å². The third-order valence-corrected chi connectivity index (χ3v) is 2.32. The zero-order valence-corrected chi connectivity index (χ0v) is 10.2. The predicted octanol–water partition coefficient (Wildman–Crippen LogP) is 0.290. The van der Waals surface area contributed by atoms with Gasteiger partial charge in [-0.3, -0.25) is 0 Å². The van der Waals surface area contributed by atoms with Crippen LogP contribution in [0.25, 0.3) is 0 Å². The number of benzene rings is 1. The van der Waals surface area contributed by atoms with Gasteiger partial charge in [0.15, 0.2) is 18.1 Å². The second-order valence-corrected chi connectivity index (χ2v) is 3.63. The molecule has 2 rings (SSSR count). The van der Waals surface area contributed by atoms with Crippen LogP contribution in [0, 0.1) is 0 Å². The summed E-state index contributed by atoms with van der Waals surface area (Å²) in [6.07, 6.45) is 0. The minimum Gasteiger partial charge on any atom is -0.493 e. The summed E-state index contributed by atoms with van der Waals surface area (Å²) in [6, 6.07) is 5.22. The number of nitrogens with zero attached hydrogens (tertiary/aromatic N) is 4. The highest BCUT2D eigenvalue weighted by molar-refractivity contribution is 5.42. The van der Waals surface area contributed by atoms with E-state index in [1.54, 1.807) is 32.4 Å². The summed E-state index contributed by atoms with van der Waals surface area (Å²) in [5, 5.41) is 20.6. The first-order valence-electron chi connectivity index (χ1n) is 5.36. The fraction of sp³-hybridized carbons (Fsp3) is 0.364. The summed E-state index contributed by atoms with van der Waals surface area (Å²) in [5.74, 6) is 1.62. The molecule has 7 heteroatoms. The Labute approximate surface area is 104 Å². The predicted molar refractivity (Wildman–Crippen MR) is 62.0 cm³/mol. The van der Waals surface area contributed by atoms with Crippen LogP contribution in [0.2, 0.25) is 0 Å². The van der Waals surface area contributed by atoms with Gasteiger partial charge in [-0.05, 0) is 22.9 Å². The number of ether oxygens (including phenoxy) is 2. The van der Waals surface area contributed by atoms with Crippen molar-refractivity contribution in [2.45, 2.75) is 13.2 Å². The highest BCUT2D eigenvalue weighted by Crippen LogP contribution is 2.28. The molecule has 0 fully saturated rings. The van der Waals surface area contributed by atoms with Gasteiger partial charge in [0.05, 0.1) is 20.8 Å². The van der Waals surface area contributed by atoms with Crippen molar-refractivity contribution in [1.82, 2.24) is 20.2 Å². The first-order chi connectivity index (χ1) is 8.72. The van der Waals surface area contributed by atoms with Crippen molar-refractivity contribution in [3.8, 4) is 11.5 Å². The van der Waals surface area contributed by atoms with Crippen LogP contribution in [-0.2, 0) is 20.3 Å². The Morgan fingerprint density at radius 2 is 2.17 bits per heavy atom. The molecule has 0 aliphatic heterocycles. The van der Waals surface area contributed by atoms with Gasteiger partial charge in [-0.1, -0.05) is 6.07 Å². The van der Waals surface area contributed by atoms with Crippen molar-refractivity contribution in [2.75, 3.05) is 7.11 Å². The average molecular weight is 250 g/mol. The number of methoxy groups -OCH3 is 1. The van der Waals surface area contributed by atoms with Crippen LogP contribution >= 0.6 is 0 Å². The molecular weight excluding hydrogens is 236 g/mol. The number of aryl methyl sites for hydroxylation is 1. The number of hydrogen-bond donors (Lipinski definition) is 1. The maximum absolute atomic E-state index is 9.03. The second kappa shape index (κ2) is 5.46. The maximum Gasteiger partial charge on any atom is 0.212 e. The Kier molecular flexibility index (Phi) is 3.73. The van der Waals surface area contributed by atoms with E-state index < -0.39 is 0 Å². The molecule has 18 heavy (non-hydrogen) atoms. The molecule has 0 amide bonds. The van der Waals surface area contributed by atoms with Gasteiger partial charge >= 0.3 is 0 Å². The normalized spacial score (nSPS) is 10.4. The zero-order valence-electron chi connectivity index (χ0n) is 10.2. The van der Waals surface area contributed by atoms with Gasteiger partial charge in [-0.15, -0.1) is 10.2 Å². The maximum atomic E-state index is 9.03.